The summed E-state index contributed by atoms with van der Waals surface area (Å²) in [6, 6.07) is 0. The van der Waals surface area contributed by atoms with E-state index in [0.29, 0.717) is 0 Å². The Hall–Kier alpha value is -1.59. The van der Waals surface area contributed by atoms with Crippen molar-refractivity contribution in [1.29, 1.82) is 0 Å². The number of carbonyl (C=O) groups excluding carboxylic acids is 3. The molecular weight excluding hydrogens is 238 g/mol. The molecule has 0 spiro atoms. The second-order valence-electron chi connectivity index (χ2n) is 5.13. The van der Waals surface area contributed by atoms with E-state index < -0.39 is 17.9 Å². The number of ether oxygens (including phenoxy) is 2. The number of hydrogen-bond donors (Lipinski definition) is 1. The van der Waals surface area contributed by atoms with Gasteiger partial charge in [0.25, 0.3) is 0 Å². The lowest BCUT2D eigenvalue weighted by molar-refractivity contribution is -0.145. The average molecular weight is 253 g/mol. The highest BCUT2D eigenvalue weighted by atomic mass is 16.6. The molecule has 0 aromatic heterocycles. The first kappa shape index (κ1) is 11.5. The van der Waals surface area contributed by atoms with Gasteiger partial charge >= 0.3 is 12.1 Å². The first-order valence-corrected chi connectivity index (χ1v) is 6.30. The van der Waals surface area contributed by atoms with Gasteiger partial charge in [0.1, 0.15) is 6.10 Å². The maximum Gasteiger partial charge on any atom is 0.413 e. The third-order valence-electron chi connectivity index (χ3n) is 4.29. The molecule has 1 saturated heterocycles. The molecular formula is C12H15NO5. The van der Waals surface area contributed by atoms with Crippen molar-refractivity contribution >= 4 is 18.0 Å². The van der Waals surface area contributed by atoms with Crippen LogP contribution in [0, 0.1) is 23.7 Å². The Bertz CT molecular complexity index is 419. The molecule has 2 bridgehead atoms. The van der Waals surface area contributed by atoms with E-state index in [1.165, 1.54) is 0 Å². The number of carbonyl (C=O) groups is 3. The van der Waals surface area contributed by atoms with Crippen molar-refractivity contribution in [2.75, 3.05) is 6.61 Å². The summed E-state index contributed by atoms with van der Waals surface area (Å²) in [5.41, 5.74) is 0. The molecule has 5 atom stereocenters. The number of imide groups is 1. The van der Waals surface area contributed by atoms with Crippen molar-refractivity contribution in [1.82, 2.24) is 5.32 Å². The second kappa shape index (κ2) is 3.96. The largest absolute Gasteiger partial charge is 0.462 e. The van der Waals surface area contributed by atoms with E-state index in [4.69, 9.17) is 4.74 Å². The number of hydrogen-bond acceptors (Lipinski definition) is 5. The zero-order valence-corrected chi connectivity index (χ0v) is 10.0. The van der Waals surface area contributed by atoms with Gasteiger partial charge < -0.3 is 9.47 Å². The van der Waals surface area contributed by atoms with Crippen LogP contribution in [0.5, 0.6) is 0 Å². The predicted octanol–water partition coefficient (Wildman–Crippen LogP) is 0.457. The number of esters is 1. The van der Waals surface area contributed by atoms with Crippen LogP contribution in [0.25, 0.3) is 0 Å². The molecule has 3 fully saturated rings. The maximum atomic E-state index is 12.0. The molecule has 3 rings (SSSR count). The number of rotatable bonds is 2. The summed E-state index contributed by atoms with van der Waals surface area (Å²) in [7, 11) is 0. The summed E-state index contributed by atoms with van der Waals surface area (Å²) in [5.74, 6) is -1.14. The van der Waals surface area contributed by atoms with E-state index in [1.807, 2.05) is 0 Å². The molecule has 6 heteroatoms. The van der Waals surface area contributed by atoms with Crippen LogP contribution in [0.15, 0.2) is 0 Å². The molecule has 1 N–H and O–H groups in total. The van der Waals surface area contributed by atoms with E-state index in [2.05, 4.69) is 10.1 Å². The zero-order chi connectivity index (χ0) is 12.9. The molecule has 0 aromatic carbocycles. The molecule has 2 amide bonds. The van der Waals surface area contributed by atoms with Crippen LogP contribution >= 0.6 is 0 Å². The van der Waals surface area contributed by atoms with Crippen LogP contribution in [0.1, 0.15) is 19.8 Å². The molecule has 0 unspecified atom stereocenters. The molecule has 0 aromatic rings. The first-order valence-electron chi connectivity index (χ1n) is 6.30. The molecule has 18 heavy (non-hydrogen) atoms. The summed E-state index contributed by atoms with van der Waals surface area (Å²) in [6.45, 7) is 1.88. The molecule has 3 aliphatic rings. The fourth-order valence-electron chi connectivity index (χ4n) is 3.71. The van der Waals surface area contributed by atoms with Crippen molar-refractivity contribution in [2.45, 2.75) is 25.9 Å². The normalized spacial score (nSPS) is 39.6. The quantitative estimate of drug-likeness (QED) is 0.723. The predicted molar refractivity (Wildman–Crippen MR) is 58.2 cm³/mol. The topological polar surface area (TPSA) is 81.7 Å². The van der Waals surface area contributed by atoms with E-state index in [1.54, 1.807) is 6.92 Å². The van der Waals surface area contributed by atoms with Gasteiger partial charge in [-0.05, 0) is 25.7 Å². The lowest BCUT2D eigenvalue weighted by Crippen LogP contribution is -2.42. The lowest BCUT2D eigenvalue weighted by atomic mass is 9.79. The van der Waals surface area contributed by atoms with Gasteiger partial charge in [0.05, 0.1) is 18.4 Å². The van der Waals surface area contributed by atoms with Crippen molar-refractivity contribution in [2.24, 2.45) is 23.7 Å². The molecule has 0 radical (unpaired) electrons. The van der Waals surface area contributed by atoms with Crippen LogP contribution < -0.4 is 5.32 Å². The molecule has 1 heterocycles. The summed E-state index contributed by atoms with van der Waals surface area (Å²) in [6.07, 6.45) is 0.850. The van der Waals surface area contributed by atoms with Crippen molar-refractivity contribution in [3.63, 3.8) is 0 Å². The van der Waals surface area contributed by atoms with E-state index in [9.17, 15) is 14.4 Å². The Morgan fingerprint density at radius 2 is 2.22 bits per heavy atom. The Kier molecular flexibility index (Phi) is 2.53. The van der Waals surface area contributed by atoms with Gasteiger partial charge in [-0.1, -0.05) is 0 Å². The Balaban J connectivity index is 1.71. The van der Waals surface area contributed by atoms with E-state index >= 15 is 0 Å². The fourth-order valence-corrected chi connectivity index (χ4v) is 3.71. The smallest absolute Gasteiger partial charge is 0.413 e. The summed E-state index contributed by atoms with van der Waals surface area (Å²) < 4.78 is 9.91. The van der Waals surface area contributed by atoms with Crippen LogP contribution in [-0.4, -0.2) is 30.7 Å². The number of alkyl carbamates (subject to hydrolysis) is 1. The Morgan fingerprint density at radius 3 is 2.94 bits per heavy atom. The van der Waals surface area contributed by atoms with E-state index in [0.717, 1.165) is 12.8 Å². The van der Waals surface area contributed by atoms with Gasteiger partial charge in [-0.2, -0.15) is 0 Å². The second-order valence-corrected chi connectivity index (χ2v) is 5.13. The summed E-state index contributed by atoms with van der Waals surface area (Å²) >= 11 is 0. The SMILES string of the molecule is CCOC(=O)NC(=O)[C@@H]1[C@@H]2C[C@@H]3[C@@H]1C(=O)O[C@@H]3C2. The monoisotopic (exact) mass is 253 g/mol. The average Bonchev–Trinajstić information content (AvgIpc) is 2.88. The van der Waals surface area contributed by atoms with Gasteiger partial charge in [-0.3, -0.25) is 14.9 Å². The number of nitrogens with one attached hydrogen (secondary N) is 1. The third kappa shape index (κ3) is 1.51. The van der Waals surface area contributed by atoms with Crippen molar-refractivity contribution in [3.05, 3.63) is 0 Å². The molecule has 6 nitrogen and oxygen atoms in total. The molecule has 98 valence electrons. The molecule has 2 aliphatic carbocycles. The maximum absolute atomic E-state index is 12.0. The molecule has 1 aliphatic heterocycles. The Morgan fingerprint density at radius 1 is 1.44 bits per heavy atom. The highest BCUT2D eigenvalue weighted by Crippen LogP contribution is 2.57. The van der Waals surface area contributed by atoms with Gasteiger partial charge in [0.2, 0.25) is 5.91 Å². The van der Waals surface area contributed by atoms with Crippen LogP contribution in [-0.2, 0) is 19.1 Å². The fraction of sp³-hybridized carbons (Fsp3) is 0.750. The Labute approximate surface area is 104 Å². The zero-order valence-electron chi connectivity index (χ0n) is 10.0. The van der Waals surface area contributed by atoms with Crippen molar-refractivity contribution in [3.8, 4) is 0 Å². The minimum absolute atomic E-state index is 0.000793. The molecule has 2 saturated carbocycles. The van der Waals surface area contributed by atoms with Crippen LogP contribution in [0.2, 0.25) is 0 Å². The van der Waals surface area contributed by atoms with Gasteiger partial charge in [0, 0.05) is 5.92 Å². The summed E-state index contributed by atoms with van der Waals surface area (Å²) in [5, 5.41) is 2.20. The minimum atomic E-state index is -0.742. The minimum Gasteiger partial charge on any atom is -0.462 e. The lowest BCUT2D eigenvalue weighted by Gasteiger charge is -2.22. The third-order valence-corrected chi connectivity index (χ3v) is 4.29. The highest BCUT2D eigenvalue weighted by molar-refractivity contribution is 5.96. The van der Waals surface area contributed by atoms with Crippen molar-refractivity contribution < 1.29 is 23.9 Å². The van der Waals surface area contributed by atoms with Gasteiger partial charge in [0.15, 0.2) is 0 Å². The standard InChI is InChI=1S/C12H15NO5/c1-2-17-12(16)13-10(14)8-5-3-6-7(4-5)18-11(15)9(6)8/h5-9H,2-4H2,1H3,(H,13,14,16)/t5-,6+,7-,8-,9+/m1/s1. The van der Waals surface area contributed by atoms with Crippen LogP contribution in [0.3, 0.4) is 0 Å². The first-order chi connectivity index (χ1) is 8.61. The summed E-state index contributed by atoms with van der Waals surface area (Å²) in [4.78, 5) is 35.0. The highest BCUT2D eigenvalue weighted by Gasteiger charge is 2.64. The van der Waals surface area contributed by atoms with Crippen LogP contribution in [0.4, 0.5) is 4.79 Å². The van der Waals surface area contributed by atoms with Gasteiger partial charge in [-0.25, -0.2) is 4.79 Å². The van der Waals surface area contributed by atoms with Gasteiger partial charge in [-0.15, -0.1) is 0 Å². The number of fused-ring (bicyclic) bond motifs is 1. The van der Waals surface area contributed by atoms with E-state index in [-0.39, 0.29) is 36.4 Å². The number of amides is 2.